The van der Waals surface area contributed by atoms with Crippen LogP contribution >= 0.6 is 27.3 Å². The highest BCUT2D eigenvalue weighted by Crippen LogP contribution is 2.23. The molecule has 0 fully saturated rings. The standard InChI is InChI=1S/C19H19BrN2O3S2/c1-25-13-5-12-22-18(15-8-10-16(20)11-9-15)14-26-19(22)21-27(23,24)17-6-3-2-4-7-17/h2-4,6-11,14H,5,12-13H2,1H3. The molecule has 0 aliphatic rings. The maximum Gasteiger partial charge on any atom is 0.285 e. The molecule has 0 saturated carbocycles. The Labute approximate surface area is 171 Å². The summed E-state index contributed by atoms with van der Waals surface area (Å²) in [6, 6.07) is 16.2. The lowest BCUT2D eigenvalue weighted by Gasteiger charge is -2.09. The van der Waals surface area contributed by atoms with E-state index in [4.69, 9.17) is 4.74 Å². The van der Waals surface area contributed by atoms with Crippen molar-refractivity contribution in [1.29, 1.82) is 0 Å². The summed E-state index contributed by atoms with van der Waals surface area (Å²) in [6.45, 7) is 1.21. The van der Waals surface area contributed by atoms with Gasteiger partial charge in [0.05, 0.1) is 10.6 Å². The molecule has 0 spiro atoms. The van der Waals surface area contributed by atoms with Crippen LogP contribution in [0.25, 0.3) is 11.3 Å². The van der Waals surface area contributed by atoms with Gasteiger partial charge >= 0.3 is 0 Å². The minimum Gasteiger partial charge on any atom is -0.385 e. The third kappa shape index (κ3) is 4.95. The van der Waals surface area contributed by atoms with E-state index in [9.17, 15) is 8.42 Å². The maximum atomic E-state index is 12.7. The molecule has 0 radical (unpaired) electrons. The first kappa shape index (κ1) is 20.0. The zero-order valence-corrected chi connectivity index (χ0v) is 17.9. The second-order valence-corrected chi connectivity index (χ2v) is 9.14. The molecule has 2 aromatic carbocycles. The number of benzene rings is 2. The first-order valence-electron chi connectivity index (χ1n) is 8.30. The monoisotopic (exact) mass is 466 g/mol. The molecule has 5 nitrogen and oxygen atoms in total. The van der Waals surface area contributed by atoms with Crippen LogP contribution in [0.1, 0.15) is 6.42 Å². The largest absolute Gasteiger partial charge is 0.385 e. The highest BCUT2D eigenvalue weighted by Gasteiger charge is 2.14. The highest BCUT2D eigenvalue weighted by molar-refractivity contribution is 9.10. The minimum atomic E-state index is -3.77. The third-order valence-electron chi connectivity index (χ3n) is 3.91. The topological polar surface area (TPSA) is 60.7 Å². The number of hydrogen-bond donors (Lipinski definition) is 0. The quantitative estimate of drug-likeness (QED) is 0.487. The van der Waals surface area contributed by atoms with E-state index in [2.05, 4.69) is 20.3 Å². The number of methoxy groups -OCH3 is 1. The molecule has 0 aliphatic carbocycles. The van der Waals surface area contributed by atoms with Crippen LogP contribution < -0.4 is 4.80 Å². The summed E-state index contributed by atoms with van der Waals surface area (Å²) in [5, 5.41) is 1.94. The SMILES string of the molecule is COCCCn1c(-c2ccc(Br)cc2)csc1=NS(=O)(=O)c1ccccc1. The van der Waals surface area contributed by atoms with E-state index in [0.717, 1.165) is 22.2 Å². The summed E-state index contributed by atoms with van der Waals surface area (Å²) < 4.78 is 37.5. The van der Waals surface area contributed by atoms with E-state index in [-0.39, 0.29) is 4.90 Å². The Morgan fingerprint density at radius 2 is 1.81 bits per heavy atom. The number of ether oxygens (including phenoxy) is 1. The molecule has 142 valence electrons. The van der Waals surface area contributed by atoms with Crippen LogP contribution in [0.4, 0.5) is 0 Å². The molecule has 0 amide bonds. The molecule has 3 aromatic rings. The van der Waals surface area contributed by atoms with Crippen molar-refractivity contribution < 1.29 is 13.2 Å². The fourth-order valence-electron chi connectivity index (χ4n) is 2.59. The van der Waals surface area contributed by atoms with E-state index in [1.165, 1.54) is 11.3 Å². The lowest BCUT2D eigenvalue weighted by molar-refractivity contribution is 0.190. The van der Waals surface area contributed by atoms with E-state index >= 15 is 0 Å². The Morgan fingerprint density at radius 3 is 2.48 bits per heavy atom. The maximum absolute atomic E-state index is 12.7. The van der Waals surface area contributed by atoms with Crippen molar-refractivity contribution in [3.05, 3.63) is 69.3 Å². The van der Waals surface area contributed by atoms with Gasteiger partial charge in [-0.05, 0) is 36.2 Å². The van der Waals surface area contributed by atoms with E-state index in [1.807, 2.05) is 34.2 Å². The molecule has 1 aromatic heterocycles. The molecule has 0 bridgehead atoms. The smallest absolute Gasteiger partial charge is 0.285 e. The fraction of sp³-hybridized carbons (Fsp3) is 0.211. The number of hydrogen-bond acceptors (Lipinski definition) is 4. The van der Waals surface area contributed by atoms with Gasteiger partial charge in [0.2, 0.25) is 4.80 Å². The molecule has 8 heteroatoms. The molecular formula is C19H19BrN2O3S2. The minimum absolute atomic E-state index is 0.187. The van der Waals surface area contributed by atoms with Gasteiger partial charge in [0.1, 0.15) is 0 Å². The number of halogens is 1. The van der Waals surface area contributed by atoms with Gasteiger partial charge in [0.25, 0.3) is 10.0 Å². The number of rotatable bonds is 7. The normalized spacial score (nSPS) is 12.4. The molecule has 1 heterocycles. The van der Waals surface area contributed by atoms with E-state index in [1.54, 1.807) is 37.4 Å². The zero-order chi connectivity index (χ0) is 19.3. The Balaban J connectivity index is 2.08. The Kier molecular flexibility index (Phi) is 6.64. The molecular weight excluding hydrogens is 448 g/mol. The van der Waals surface area contributed by atoms with Crippen molar-refractivity contribution >= 4 is 37.3 Å². The van der Waals surface area contributed by atoms with Crippen molar-refractivity contribution in [2.75, 3.05) is 13.7 Å². The first-order chi connectivity index (χ1) is 13.0. The van der Waals surface area contributed by atoms with Crippen LogP contribution in [0, 0.1) is 0 Å². The molecule has 3 rings (SSSR count). The fourth-order valence-corrected chi connectivity index (χ4v) is 5.02. The van der Waals surface area contributed by atoms with Crippen molar-refractivity contribution in [3.63, 3.8) is 0 Å². The van der Waals surface area contributed by atoms with Gasteiger partial charge in [-0.2, -0.15) is 8.42 Å². The molecule has 27 heavy (non-hydrogen) atoms. The second kappa shape index (κ2) is 8.97. The van der Waals surface area contributed by atoms with Crippen molar-refractivity contribution in [1.82, 2.24) is 4.57 Å². The summed E-state index contributed by atoms with van der Waals surface area (Å²) in [4.78, 5) is 0.639. The van der Waals surface area contributed by atoms with Gasteiger partial charge < -0.3 is 9.30 Å². The molecule has 0 unspecified atom stereocenters. The summed E-state index contributed by atoms with van der Waals surface area (Å²) in [5.74, 6) is 0. The van der Waals surface area contributed by atoms with E-state index < -0.39 is 10.0 Å². The number of sulfonamides is 1. The lowest BCUT2D eigenvalue weighted by atomic mass is 10.2. The van der Waals surface area contributed by atoms with Gasteiger partial charge in [0, 0.05) is 30.1 Å². The average Bonchev–Trinajstić information content (AvgIpc) is 3.05. The lowest BCUT2D eigenvalue weighted by Crippen LogP contribution is -2.19. The summed E-state index contributed by atoms with van der Waals surface area (Å²) in [7, 11) is -2.11. The number of thiazole rings is 1. The summed E-state index contributed by atoms with van der Waals surface area (Å²) >= 11 is 4.76. The molecule has 0 aliphatic heterocycles. The number of aromatic nitrogens is 1. The zero-order valence-electron chi connectivity index (χ0n) is 14.7. The van der Waals surface area contributed by atoms with Gasteiger partial charge in [-0.15, -0.1) is 15.7 Å². The molecule has 0 saturated heterocycles. The van der Waals surface area contributed by atoms with Gasteiger partial charge in [-0.1, -0.05) is 46.3 Å². The second-order valence-electron chi connectivity index (χ2n) is 5.79. The van der Waals surface area contributed by atoms with Crippen LogP contribution in [-0.2, 0) is 21.3 Å². The third-order valence-corrected chi connectivity index (χ3v) is 6.70. The van der Waals surface area contributed by atoms with Gasteiger partial charge in [0.15, 0.2) is 0 Å². The number of nitrogens with zero attached hydrogens (tertiary/aromatic N) is 2. The van der Waals surface area contributed by atoms with Crippen LogP contribution in [-0.4, -0.2) is 26.7 Å². The summed E-state index contributed by atoms with van der Waals surface area (Å²) in [5.41, 5.74) is 1.94. The Morgan fingerprint density at radius 1 is 1.11 bits per heavy atom. The Hall–Kier alpha value is -1.74. The van der Waals surface area contributed by atoms with Crippen molar-refractivity contribution in [3.8, 4) is 11.3 Å². The van der Waals surface area contributed by atoms with Crippen LogP contribution in [0.3, 0.4) is 0 Å². The van der Waals surface area contributed by atoms with Gasteiger partial charge in [-0.3, -0.25) is 0 Å². The first-order valence-corrected chi connectivity index (χ1v) is 11.4. The molecule has 0 N–H and O–H groups in total. The van der Waals surface area contributed by atoms with E-state index in [0.29, 0.717) is 18.0 Å². The van der Waals surface area contributed by atoms with Crippen molar-refractivity contribution in [2.45, 2.75) is 17.9 Å². The predicted octanol–water partition coefficient (Wildman–Crippen LogP) is 4.31. The molecule has 0 atom stereocenters. The van der Waals surface area contributed by atoms with Gasteiger partial charge in [-0.25, -0.2) is 0 Å². The van der Waals surface area contributed by atoms with Crippen LogP contribution in [0.15, 0.2) is 73.7 Å². The average molecular weight is 467 g/mol. The summed E-state index contributed by atoms with van der Waals surface area (Å²) in [6.07, 6.45) is 0.759. The van der Waals surface area contributed by atoms with Crippen molar-refractivity contribution in [2.24, 2.45) is 4.40 Å². The van der Waals surface area contributed by atoms with Crippen LogP contribution in [0.5, 0.6) is 0 Å². The highest BCUT2D eigenvalue weighted by atomic mass is 79.9. The van der Waals surface area contributed by atoms with Crippen LogP contribution in [0.2, 0.25) is 0 Å². The predicted molar refractivity (Wildman–Crippen MR) is 111 cm³/mol. The Bertz CT molecular complexity index is 1060.